The van der Waals surface area contributed by atoms with E-state index >= 15 is 17.6 Å². The van der Waals surface area contributed by atoms with Gasteiger partial charge in [0.1, 0.15) is 30.7 Å². The molecule has 0 bridgehead atoms. The Bertz CT molecular complexity index is 4920. The van der Waals surface area contributed by atoms with E-state index in [-0.39, 0.29) is 100 Å². The molecule has 23 nitrogen and oxygen atoms in total. The summed E-state index contributed by atoms with van der Waals surface area (Å²) in [5.74, 6) is -13.9. The van der Waals surface area contributed by atoms with Crippen molar-refractivity contribution in [2.24, 2.45) is 5.41 Å². The average molecular weight is 1520 g/mol. The molecule has 2 aliphatic rings. The number of ether oxygens (including phenoxy) is 3. The molecule has 1 amide bonds. The number of hydrogen-bond donors (Lipinski definition) is 4. The molecule has 0 spiro atoms. The van der Waals surface area contributed by atoms with Crippen molar-refractivity contribution in [3.8, 4) is 22.5 Å². The summed E-state index contributed by atoms with van der Waals surface area (Å²) < 4.78 is 209. The molecule has 1 atom stereocenters. The molecule has 0 fully saturated rings. The second-order valence-corrected chi connectivity index (χ2v) is 33.3. The lowest BCUT2D eigenvalue weighted by Crippen LogP contribution is -2.35. The summed E-state index contributed by atoms with van der Waals surface area (Å²) >= 11 is -0.0857. The van der Waals surface area contributed by atoms with Gasteiger partial charge in [-0.25, -0.2) is 56.0 Å². The van der Waals surface area contributed by atoms with Crippen molar-refractivity contribution in [3.05, 3.63) is 135 Å². The van der Waals surface area contributed by atoms with E-state index in [9.17, 15) is 52.8 Å². The number of alkyl carbamates (subject to hydrolysis) is 1. The molecular formula is C70H85F4N6O17S5+. The maximum absolute atomic E-state index is 16.4. The molecule has 1 aliphatic carbocycles. The Morgan fingerprint density at radius 3 is 1.81 bits per heavy atom. The van der Waals surface area contributed by atoms with Gasteiger partial charge in [-0.1, -0.05) is 58.9 Å². The predicted molar refractivity (Wildman–Crippen MR) is 379 cm³/mol. The highest BCUT2D eigenvalue weighted by Crippen LogP contribution is 2.45. The topological polar surface area (TPSA) is 311 Å². The fourth-order valence-electron chi connectivity index (χ4n) is 12.0. The van der Waals surface area contributed by atoms with Crippen LogP contribution >= 0.6 is 11.8 Å². The zero-order valence-electron chi connectivity index (χ0n) is 59.2. The van der Waals surface area contributed by atoms with Crippen LogP contribution in [0.3, 0.4) is 0 Å². The third-order valence-corrected chi connectivity index (χ3v) is 26.6. The normalized spacial score (nSPS) is 13.1. The number of hydrogen-bond acceptors (Lipinski definition) is 18. The van der Waals surface area contributed by atoms with Crippen molar-refractivity contribution in [2.45, 2.75) is 160 Å². The van der Waals surface area contributed by atoms with Crippen molar-refractivity contribution >= 4 is 104 Å². The number of nitrogens with zero attached hydrogens (tertiary/aromatic N) is 3. The van der Waals surface area contributed by atoms with Crippen LogP contribution in [0.15, 0.2) is 102 Å². The number of aliphatic carboxylic acids is 1. The summed E-state index contributed by atoms with van der Waals surface area (Å²) in [6.45, 7) is 25.6. The van der Waals surface area contributed by atoms with Crippen LogP contribution in [0.5, 0.6) is 0 Å². The van der Waals surface area contributed by atoms with Crippen LogP contribution < -0.4 is 24.7 Å². The number of aryl methyl sites for hydroxylation is 4. The summed E-state index contributed by atoms with van der Waals surface area (Å²) in [5, 5.41) is 15.4. The predicted octanol–water partition coefficient (Wildman–Crippen LogP) is 12.2. The summed E-state index contributed by atoms with van der Waals surface area (Å²) in [6.07, 6.45) is -3.94. The number of rotatable bonds is 31. The summed E-state index contributed by atoms with van der Waals surface area (Å²) in [6, 6.07) is 17.7. The number of thioether (sulfide) groups is 1. The molecular weight excluding hydrogens is 1430 g/mol. The van der Waals surface area contributed by atoms with Gasteiger partial charge in [-0.15, -0.1) is 15.9 Å². The number of carboxylic acid groups (broad SMARTS) is 1. The monoisotopic (exact) mass is 1520 g/mol. The smallest absolute Gasteiger partial charge is 0.407 e. The molecule has 4 N–H and O–H groups in total. The highest BCUT2D eigenvalue weighted by molar-refractivity contribution is 8.04. The Morgan fingerprint density at radius 2 is 1.25 bits per heavy atom. The fourth-order valence-corrected chi connectivity index (χ4v) is 19.9. The first-order chi connectivity index (χ1) is 47.7. The van der Waals surface area contributed by atoms with E-state index in [0.717, 1.165) is 11.6 Å². The molecule has 5 aromatic rings. The Balaban J connectivity index is 1.35. The average Bonchev–Trinajstić information content (AvgIpc) is 0.744. The number of halogens is 4. The Hall–Kier alpha value is -7.98. The molecule has 1 unspecified atom stereocenters. The molecule has 5 aromatic carbocycles. The van der Waals surface area contributed by atoms with Crippen LogP contribution in [-0.4, -0.2) is 135 Å². The minimum atomic E-state index is -6.22. The number of amides is 1. The Labute approximate surface area is 596 Å². The van der Waals surface area contributed by atoms with Gasteiger partial charge in [0, 0.05) is 88.6 Å². The lowest BCUT2D eigenvalue weighted by molar-refractivity contribution is -0.154. The van der Waals surface area contributed by atoms with Gasteiger partial charge in [-0.2, -0.15) is 13.2 Å². The van der Waals surface area contributed by atoms with Crippen molar-refractivity contribution in [2.75, 3.05) is 57.0 Å². The molecule has 0 saturated carbocycles. The van der Waals surface area contributed by atoms with E-state index in [2.05, 4.69) is 10.6 Å². The maximum Gasteiger partial charge on any atom is 0.407 e. The number of anilines is 2. The van der Waals surface area contributed by atoms with Gasteiger partial charge in [0.15, 0.2) is 34.2 Å². The van der Waals surface area contributed by atoms with Crippen LogP contribution in [0.1, 0.15) is 115 Å². The fraction of sp³-hybridized carbons (Fsp3) is 0.414. The summed E-state index contributed by atoms with van der Waals surface area (Å²) in [7, 11) is -19.9. The molecule has 1 aliphatic heterocycles. The lowest BCUT2D eigenvalue weighted by atomic mass is 9.91. The number of carbonyl (C=O) groups is 4. The van der Waals surface area contributed by atoms with Crippen LogP contribution in [-0.2, 0) is 68.7 Å². The van der Waals surface area contributed by atoms with Crippen molar-refractivity contribution in [3.63, 3.8) is 0 Å². The molecule has 1 heterocycles. The number of nitrogens with one attached hydrogen (secondary N) is 3. The molecule has 32 heteroatoms. The van der Waals surface area contributed by atoms with Crippen LogP contribution in [0.25, 0.3) is 33.4 Å². The van der Waals surface area contributed by atoms with Gasteiger partial charge in [-0.3, -0.25) is 14.4 Å². The first kappa shape index (κ1) is 81.3. The third-order valence-electron chi connectivity index (χ3n) is 17.2. The highest BCUT2D eigenvalue weighted by Gasteiger charge is 2.39. The maximum atomic E-state index is 16.4. The van der Waals surface area contributed by atoms with Gasteiger partial charge in [0.2, 0.25) is 31.1 Å². The Kier molecular flexibility index (Phi) is 26.1. The molecule has 102 heavy (non-hydrogen) atoms. The van der Waals surface area contributed by atoms with Crippen molar-refractivity contribution in [1.82, 2.24) is 22.6 Å². The molecule has 0 saturated heterocycles. The van der Waals surface area contributed by atoms with E-state index in [1.165, 1.54) is 30.9 Å². The van der Waals surface area contributed by atoms with E-state index in [1.807, 2.05) is 25.3 Å². The van der Waals surface area contributed by atoms with Gasteiger partial charge in [0.05, 0.1) is 50.4 Å². The molecule has 0 aromatic heterocycles. The number of carbonyl (C=O) groups excluding carboxylic acids is 3. The first-order valence-electron chi connectivity index (χ1n) is 32.6. The number of fused-ring (bicyclic) bond motifs is 2. The van der Waals surface area contributed by atoms with Crippen LogP contribution in [0.4, 0.5) is 39.4 Å². The van der Waals surface area contributed by atoms with E-state index < -0.39 is 139 Å². The van der Waals surface area contributed by atoms with E-state index in [1.54, 1.807) is 132 Å². The number of esters is 2. The van der Waals surface area contributed by atoms with Gasteiger partial charge in [-0.05, 0) is 128 Å². The quantitative estimate of drug-likeness (QED) is 0.00458. The third kappa shape index (κ3) is 17.3. The van der Waals surface area contributed by atoms with Crippen LogP contribution in [0, 0.1) is 70.2 Å². The second kappa shape index (κ2) is 32.8. The lowest BCUT2D eigenvalue weighted by Gasteiger charge is -2.24. The molecule has 0 radical (unpaired) electrons. The van der Waals surface area contributed by atoms with Crippen molar-refractivity contribution in [1.29, 1.82) is 0 Å². The standard InChI is InChI=1S/C70H84F4N6O17S5/c1-16-70(14,15)68(84)94-32-31-75-69(85)95-37-48(96-56(83)30-29-55(81)82)38-98-64-58(71)60(73)67(61(74)59(64)72)100(88,89)77-99(86,87)54-24-22-21-23-51(54)57-49-27-25-46(76-62-40(8)33-42(10)65(44(62)12)101(90,91)78(17-2)18-3)35-52(49)97-53-36-47(26-28-50(53)57)80(39(6)7)63-41(9)34-43(11)66(45(63)13)102(92,93)79(19-4)20-5/h21-28,33-36,39,48,77H,16-20,29-32,37-38H2,1-15H3,(H2,75,81,82,85)/p+1. The van der Waals surface area contributed by atoms with Gasteiger partial charge >= 0.3 is 24.0 Å². The summed E-state index contributed by atoms with van der Waals surface area (Å²) in [4.78, 5) is 44.2. The molecule has 7 rings (SSSR count). The van der Waals surface area contributed by atoms with Crippen LogP contribution in [0.2, 0.25) is 0 Å². The summed E-state index contributed by atoms with van der Waals surface area (Å²) in [5.41, 5.74) is 3.91. The van der Waals surface area contributed by atoms with E-state index in [4.69, 9.17) is 23.7 Å². The number of carboxylic acids is 1. The highest BCUT2D eigenvalue weighted by atomic mass is 32.3. The first-order valence-corrected chi connectivity index (χ1v) is 39.5. The SMILES string of the molecule is CCN(CC)S(=O)(=O)c1c(C)cc(C)c(Nc2ccc3c(-c4ccccc4S(=O)(=O)NS(=O)(=O)c4c(F)c(F)c(SCC(COC(=O)NCCOC(=O)C(C)(C)CC)OC(=O)CCC(=O)O)c(F)c4F)c4ccc(=[N+](c5c(C)cc(C)c(S(=O)(=O)N(CC)CC)c5C)C(C)C)cc-4oc3c2)c1C. The zero-order chi connectivity index (χ0) is 76.1. The number of benzene rings is 6. The van der Waals surface area contributed by atoms with Crippen molar-refractivity contribution < 1.29 is 94.1 Å². The Morgan fingerprint density at radius 1 is 0.667 bits per heavy atom. The zero-order valence-corrected chi connectivity index (χ0v) is 63.3. The second-order valence-electron chi connectivity index (χ2n) is 25.0. The minimum absolute atomic E-state index is 0.0639. The van der Waals surface area contributed by atoms with Gasteiger partial charge < -0.3 is 34.4 Å². The largest absolute Gasteiger partial charge is 0.481 e. The van der Waals surface area contributed by atoms with E-state index in [0.29, 0.717) is 56.7 Å². The molecule has 554 valence electrons. The van der Waals surface area contributed by atoms with Gasteiger partial charge in [0.25, 0.3) is 20.0 Å². The number of sulfonamides is 4. The minimum Gasteiger partial charge on any atom is -0.481 e.